The minimum atomic E-state index is -0.852. The van der Waals surface area contributed by atoms with E-state index in [1.165, 1.54) is 180 Å². The van der Waals surface area contributed by atoms with Crippen LogP contribution in [0.15, 0.2) is 134 Å². The van der Waals surface area contributed by atoms with Gasteiger partial charge in [-0.2, -0.15) is 0 Å². The van der Waals surface area contributed by atoms with E-state index >= 15 is 0 Å². The molecule has 0 aromatic heterocycles. The fourth-order valence-electron chi connectivity index (χ4n) is 9.54. The van der Waals surface area contributed by atoms with E-state index in [0.717, 1.165) is 83.5 Å². The van der Waals surface area contributed by atoms with Crippen LogP contribution >= 0.6 is 0 Å². The Kier molecular flexibility index (Phi) is 66.3. The van der Waals surface area contributed by atoms with E-state index in [2.05, 4.69) is 130 Å². The van der Waals surface area contributed by atoms with Crippen molar-refractivity contribution in [3.8, 4) is 0 Å². The van der Waals surface area contributed by atoms with Crippen molar-refractivity contribution >= 4 is 17.9 Å². The predicted octanol–water partition coefficient (Wildman–Crippen LogP) is 24.1. The Morgan fingerprint density at radius 3 is 0.807 bits per heavy atom. The standard InChI is InChI=1S/C77H128O6/c1-4-7-10-13-16-19-22-25-27-29-31-32-33-34-35-36-37-38-39-40-41-42-43-44-46-47-49-52-55-58-61-64-67-70-76(79)82-73-74(72-81-75(78)69-66-63-60-57-54-51-24-21-18-15-12-9-6-3)83-77(80)71-68-65-62-59-56-53-50-48-45-30-28-26-23-20-17-14-11-8-5-2/h8-9,11-12,17-18,20-21,26,28-29,31,45,48,51,53-54,56,60,62-63,65,74H,4-7,10,13-16,19,22-25,27,30,32-44,46-47,49-50,52,55,57-59,61,64,66-73H2,1-3H3/b11-8-,12-9-,20-17-,21-18-,28-26-,31-29-,48-45-,54-51-,56-53-,63-60-,65-62-. The van der Waals surface area contributed by atoms with Gasteiger partial charge in [0.15, 0.2) is 6.10 Å². The molecule has 83 heavy (non-hydrogen) atoms. The lowest BCUT2D eigenvalue weighted by Gasteiger charge is -2.18. The van der Waals surface area contributed by atoms with Gasteiger partial charge in [0.1, 0.15) is 13.2 Å². The molecule has 1 atom stereocenters. The maximum atomic E-state index is 12.9. The van der Waals surface area contributed by atoms with E-state index < -0.39 is 12.1 Å². The van der Waals surface area contributed by atoms with Crippen LogP contribution in [0.5, 0.6) is 0 Å². The number of esters is 3. The van der Waals surface area contributed by atoms with Gasteiger partial charge in [-0.1, -0.05) is 321 Å². The molecule has 0 N–H and O–H groups in total. The SMILES string of the molecule is CC/C=C\C/C=C\C/C=C\C/C=C\C/C=C\C/C=C\CCC(=O)OC(COC(=O)CC/C=C\C/C=C\C/C=C\C/C=C\CC)COC(=O)CCCCCCCCCCCCCCCCCCCCCCC/C=C\CCCCCCCCCC. The summed E-state index contributed by atoms with van der Waals surface area (Å²) < 4.78 is 16.8. The second-order valence-electron chi connectivity index (χ2n) is 22.7. The highest BCUT2D eigenvalue weighted by molar-refractivity contribution is 5.71. The first kappa shape index (κ1) is 78.5. The zero-order valence-corrected chi connectivity index (χ0v) is 54.2. The van der Waals surface area contributed by atoms with Gasteiger partial charge in [-0.15, -0.1) is 0 Å². The van der Waals surface area contributed by atoms with Crippen LogP contribution in [0.4, 0.5) is 0 Å². The van der Waals surface area contributed by atoms with Crippen LogP contribution in [0.1, 0.15) is 316 Å². The largest absolute Gasteiger partial charge is 0.462 e. The molecule has 0 rings (SSSR count). The number of rotatable bonds is 62. The van der Waals surface area contributed by atoms with Gasteiger partial charge in [0.05, 0.1) is 0 Å². The number of ether oxygens (including phenoxy) is 3. The number of carbonyl (C=O) groups excluding carboxylic acids is 3. The maximum absolute atomic E-state index is 12.9. The van der Waals surface area contributed by atoms with E-state index in [9.17, 15) is 14.4 Å². The van der Waals surface area contributed by atoms with Crippen LogP contribution in [0, 0.1) is 0 Å². The van der Waals surface area contributed by atoms with E-state index in [-0.39, 0.29) is 38.0 Å². The molecule has 0 aliphatic rings. The fourth-order valence-corrected chi connectivity index (χ4v) is 9.54. The van der Waals surface area contributed by atoms with Crippen molar-refractivity contribution in [1.29, 1.82) is 0 Å². The van der Waals surface area contributed by atoms with Gasteiger partial charge in [0.25, 0.3) is 0 Å². The van der Waals surface area contributed by atoms with Gasteiger partial charge in [-0.05, 0) is 109 Å². The lowest BCUT2D eigenvalue weighted by Crippen LogP contribution is -2.30. The van der Waals surface area contributed by atoms with E-state index in [0.29, 0.717) is 19.3 Å². The number of allylic oxidation sites excluding steroid dienone is 22. The smallest absolute Gasteiger partial charge is 0.306 e. The molecule has 0 saturated heterocycles. The van der Waals surface area contributed by atoms with Crippen LogP contribution in [0.25, 0.3) is 0 Å². The molecule has 0 aliphatic carbocycles. The molecule has 0 heterocycles. The number of carbonyl (C=O) groups is 3. The summed E-state index contributed by atoms with van der Waals surface area (Å²) in [6.07, 6.45) is 99.6. The second kappa shape index (κ2) is 70.0. The topological polar surface area (TPSA) is 78.9 Å². The van der Waals surface area contributed by atoms with Crippen LogP contribution in [0.3, 0.4) is 0 Å². The monoisotopic (exact) mass is 1150 g/mol. The molecule has 1 unspecified atom stereocenters. The lowest BCUT2D eigenvalue weighted by atomic mass is 10.0. The molecule has 0 aromatic rings. The predicted molar refractivity (Wildman–Crippen MR) is 362 cm³/mol. The molecule has 0 fully saturated rings. The highest BCUT2D eigenvalue weighted by atomic mass is 16.6. The van der Waals surface area contributed by atoms with Crippen molar-refractivity contribution in [3.63, 3.8) is 0 Å². The third kappa shape index (κ3) is 68.2. The lowest BCUT2D eigenvalue weighted by molar-refractivity contribution is -0.166. The quantitative estimate of drug-likeness (QED) is 0.0261. The Labute approximate surface area is 513 Å². The average Bonchev–Trinajstić information content (AvgIpc) is 3.49. The minimum absolute atomic E-state index is 0.132. The van der Waals surface area contributed by atoms with Gasteiger partial charge in [0, 0.05) is 19.3 Å². The highest BCUT2D eigenvalue weighted by Crippen LogP contribution is 2.17. The van der Waals surface area contributed by atoms with E-state index in [4.69, 9.17) is 14.2 Å². The minimum Gasteiger partial charge on any atom is -0.462 e. The van der Waals surface area contributed by atoms with Gasteiger partial charge in [-0.3, -0.25) is 14.4 Å². The first-order chi connectivity index (χ1) is 41.0. The summed E-state index contributed by atoms with van der Waals surface area (Å²) in [5, 5.41) is 0. The zero-order valence-electron chi connectivity index (χ0n) is 54.2. The van der Waals surface area contributed by atoms with Gasteiger partial charge >= 0.3 is 17.9 Å². The molecule has 0 radical (unpaired) electrons. The van der Waals surface area contributed by atoms with Crippen molar-refractivity contribution in [1.82, 2.24) is 0 Å². The Balaban J connectivity index is 4.27. The Morgan fingerprint density at radius 1 is 0.253 bits per heavy atom. The van der Waals surface area contributed by atoms with E-state index in [1.54, 1.807) is 0 Å². The molecule has 6 nitrogen and oxygen atoms in total. The highest BCUT2D eigenvalue weighted by Gasteiger charge is 2.19. The molecule has 0 aromatic carbocycles. The Bertz CT molecular complexity index is 1750. The molecular formula is C77H128O6. The molecule has 0 spiro atoms. The van der Waals surface area contributed by atoms with Crippen molar-refractivity contribution < 1.29 is 28.6 Å². The van der Waals surface area contributed by atoms with Gasteiger partial charge in [-0.25, -0.2) is 0 Å². The summed E-state index contributed by atoms with van der Waals surface area (Å²) in [5.74, 6) is -1.10. The summed E-state index contributed by atoms with van der Waals surface area (Å²) in [7, 11) is 0. The Hall–Kier alpha value is -4.45. The van der Waals surface area contributed by atoms with Crippen molar-refractivity contribution in [2.45, 2.75) is 322 Å². The number of hydrogen-bond acceptors (Lipinski definition) is 6. The first-order valence-corrected chi connectivity index (χ1v) is 34.7. The Morgan fingerprint density at radius 2 is 0.494 bits per heavy atom. The summed E-state index contributed by atoms with van der Waals surface area (Å²) in [6.45, 7) is 6.30. The summed E-state index contributed by atoms with van der Waals surface area (Å²) in [6, 6.07) is 0. The summed E-state index contributed by atoms with van der Waals surface area (Å²) in [4.78, 5) is 38.2. The third-order valence-corrected chi connectivity index (χ3v) is 14.6. The average molecular weight is 1150 g/mol. The summed E-state index contributed by atoms with van der Waals surface area (Å²) >= 11 is 0. The third-order valence-electron chi connectivity index (χ3n) is 14.6. The van der Waals surface area contributed by atoms with Crippen LogP contribution in [0.2, 0.25) is 0 Å². The maximum Gasteiger partial charge on any atom is 0.306 e. The first-order valence-electron chi connectivity index (χ1n) is 34.7. The molecular weight excluding hydrogens is 1020 g/mol. The van der Waals surface area contributed by atoms with Crippen LogP contribution in [-0.2, 0) is 28.6 Å². The van der Waals surface area contributed by atoms with Crippen molar-refractivity contribution in [2.75, 3.05) is 13.2 Å². The molecule has 6 heteroatoms. The van der Waals surface area contributed by atoms with Crippen LogP contribution in [-0.4, -0.2) is 37.2 Å². The summed E-state index contributed by atoms with van der Waals surface area (Å²) in [5.41, 5.74) is 0. The number of hydrogen-bond donors (Lipinski definition) is 0. The fraction of sp³-hybridized carbons (Fsp3) is 0.675. The zero-order chi connectivity index (χ0) is 59.9. The van der Waals surface area contributed by atoms with E-state index in [1.807, 2.05) is 24.3 Å². The van der Waals surface area contributed by atoms with Crippen molar-refractivity contribution in [2.24, 2.45) is 0 Å². The normalized spacial score (nSPS) is 13.0. The molecule has 0 bridgehead atoms. The molecule has 0 saturated carbocycles. The van der Waals surface area contributed by atoms with Crippen molar-refractivity contribution in [3.05, 3.63) is 134 Å². The number of unbranched alkanes of at least 4 members (excludes halogenated alkanes) is 29. The van der Waals surface area contributed by atoms with Gasteiger partial charge in [0.2, 0.25) is 0 Å². The van der Waals surface area contributed by atoms with Gasteiger partial charge < -0.3 is 14.2 Å². The molecule has 472 valence electrons. The molecule has 0 amide bonds. The van der Waals surface area contributed by atoms with Crippen LogP contribution < -0.4 is 0 Å². The second-order valence-corrected chi connectivity index (χ2v) is 22.7. The molecule has 0 aliphatic heterocycles.